The van der Waals surface area contributed by atoms with Gasteiger partial charge >= 0.3 is 0 Å². The Labute approximate surface area is 86.5 Å². The van der Waals surface area contributed by atoms with E-state index < -0.39 is 0 Å². The van der Waals surface area contributed by atoms with Gasteiger partial charge in [0.2, 0.25) is 0 Å². The van der Waals surface area contributed by atoms with Gasteiger partial charge in [-0.25, -0.2) is 0 Å². The molecule has 1 aromatic carbocycles. The Hall–Kier alpha value is -0.820. The predicted molar refractivity (Wildman–Crippen MR) is 60.3 cm³/mol. The number of rotatable bonds is 1. The fourth-order valence-electron chi connectivity index (χ4n) is 2.32. The van der Waals surface area contributed by atoms with E-state index in [1.54, 1.807) is 0 Å². The second kappa shape index (κ2) is 4.14. The third-order valence-electron chi connectivity index (χ3n) is 3.23. The van der Waals surface area contributed by atoms with Crippen molar-refractivity contribution >= 4 is 0 Å². The van der Waals surface area contributed by atoms with Crippen molar-refractivity contribution in [2.24, 2.45) is 5.92 Å². The molecule has 1 saturated heterocycles. The molecule has 2 rings (SSSR count). The highest BCUT2D eigenvalue weighted by Crippen LogP contribution is 2.28. The monoisotopic (exact) mass is 189 g/mol. The zero-order valence-corrected chi connectivity index (χ0v) is 9.09. The molecular weight excluding hydrogens is 170 g/mol. The first-order chi connectivity index (χ1) is 6.77. The molecule has 1 fully saturated rings. The molecule has 2 atom stereocenters. The van der Waals surface area contributed by atoms with Crippen molar-refractivity contribution in [2.45, 2.75) is 32.7 Å². The molecule has 76 valence electrons. The predicted octanol–water partition coefficient (Wildman–Crippen LogP) is 3.06. The Morgan fingerprint density at radius 2 is 2.07 bits per heavy atom. The molecule has 0 aliphatic carbocycles. The minimum absolute atomic E-state index is 0.583. The third kappa shape index (κ3) is 1.98. The molecule has 0 spiro atoms. The number of benzene rings is 1. The van der Waals surface area contributed by atoms with Gasteiger partial charge in [0.15, 0.2) is 0 Å². The summed E-state index contributed by atoms with van der Waals surface area (Å²) in [5.41, 5.74) is 2.90. The molecule has 2 unspecified atom stereocenters. The van der Waals surface area contributed by atoms with E-state index in [9.17, 15) is 0 Å². The smallest absolute Gasteiger partial charge is 0.0325 e. The summed E-state index contributed by atoms with van der Waals surface area (Å²) in [6.45, 7) is 5.72. The zero-order chi connectivity index (χ0) is 9.97. The first-order valence-electron chi connectivity index (χ1n) is 5.56. The second-order valence-corrected chi connectivity index (χ2v) is 4.49. The Kier molecular flexibility index (Phi) is 2.87. The largest absolute Gasteiger partial charge is 0.310 e. The number of aryl methyl sites for hydroxylation is 1. The summed E-state index contributed by atoms with van der Waals surface area (Å²) in [4.78, 5) is 0. The standard InChI is InChI=1S/C13H19N/c1-10-7-8-14-13(9-10)12-6-4-3-5-11(12)2/h3-6,10,13-14H,7-9H2,1-2H3. The van der Waals surface area contributed by atoms with Gasteiger partial charge in [0.1, 0.15) is 0 Å². The summed E-state index contributed by atoms with van der Waals surface area (Å²) in [5, 5.41) is 3.61. The van der Waals surface area contributed by atoms with Gasteiger partial charge in [0.05, 0.1) is 0 Å². The van der Waals surface area contributed by atoms with Gasteiger partial charge in [-0.15, -0.1) is 0 Å². The first kappa shape index (κ1) is 9.72. The van der Waals surface area contributed by atoms with Crippen LogP contribution in [0.2, 0.25) is 0 Å². The van der Waals surface area contributed by atoms with Crippen molar-refractivity contribution in [1.29, 1.82) is 0 Å². The van der Waals surface area contributed by atoms with E-state index >= 15 is 0 Å². The highest BCUT2D eigenvalue weighted by molar-refractivity contribution is 5.29. The summed E-state index contributed by atoms with van der Waals surface area (Å²) in [6.07, 6.45) is 2.60. The molecule has 1 aliphatic heterocycles. The number of piperidine rings is 1. The van der Waals surface area contributed by atoms with Crippen molar-refractivity contribution in [3.63, 3.8) is 0 Å². The van der Waals surface area contributed by atoms with E-state index in [0.717, 1.165) is 5.92 Å². The van der Waals surface area contributed by atoms with Crippen LogP contribution < -0.4 is 5.32 Å². The lowest BCUT2D eigenvalue weighted by molar-refractivity contribution is 0.324. The normalized spacial score (nSPS) is 27.6. The van der Waals surface area contributed by atoms with Gasteiger partial charge < -0.3 is 5.32 Å². The van der Waals surface area contributed by atoms with Crippen LogP contribution in [0.3, 0.4) is 0 Å². The van der Waals surface area contributed by atoms with E-state index in [4.69, 9.17) is 0 Å². The maximum atomic E-state index is 3.61. The molecule has 0 saturated carbocycles. The minimum Gasteiger partial charge on any atom is -0.310 e. The van der Waals surface area contributed by atoms with E-state index in [-0.39, 0.29) is 0 Å². The summed E-state index contributed by atoms with van der Waals surface area (Å²) in [6, 6.07) is 9.30. The van der Waals surface area contributed by atoms with Gasteiger partial charge in [0, 0.05) is 6.04 Å². The van der Waals surface area contributed by atoms with Crippen LogP contribution >= 0.6 is 0 Å². The van der Waals surface area contributed by atoms with Crippen molar-refractivity contribution < 1.29 is 0 Å². The van der Waals surface area contributed by atoms with Crippen LogP contribution in [0, 0.1) is 12.8 Å². The molecule has 0 bridgehead atoms. The first-order valence-corrected chi connectivity index (χ1v) is 5.56. The zero-order valence-electron chi connectivity index (χ0n) is 9.09. The second-order valence-electron chi connectivity index (χ2n) is 4.49. The molecular formula is C13H19N. The van der Waals surface area contributed by atoms with Crippen molar-refractivity contribution in [1.82, 2.24) is 5.32 Å². The summed E-state index contributed by atoms with van der Waals surface area (Å²) >= 11 is 0. The molecule has 0 aromatic heterocycles. The van der Waals surface area contributed by atoms with Gasteiger partial charge in [-0.05, 0) is 43.4 Å². The molecule has 1 nitrogen and oxygen atoms in total. The van der Waals surface area contributed by atoms with E-state index in [0.29, 0.717) is 6.04 Å². The Balaban J connectivity index is 2.18. The van der Waals surface area contributed by atoms with E-state index in [2.05, 4.69) is 43.4 Å². The number of hydrogen-bond donors (Lipinski definition) is 1. The van der Waals surface area contributed by atoms with Crippen molar-refractivity contribution in [3.8, 4) is 0 Å². The van der Waals surface area contributed by atoms with Crippen LogP contribution in [0.25, 0.3) is 0 Å². The van der Waals surface area contributed by atoms with E-state index in [1.807, 2.05) is 0 Å². The molecule has 0 amide bonds. The quantitative estimate of drug-likeness (QED) is 0.716. The topological polar surface area (TPSA) is 12.0 Å². The third-order valence-corrected chi connectivity index (χ3v) is 3.23. The number of nitrogens with one attached hydrogen (secondary N) is 1. The van der Waals surface area contributed by atoms with Crippen LogP contribution in [0.5, 0.6) is 0 Å². The molecule has 0 radical (unpaired) electrons. The average molecular weight is 189 g/mol. The van der Waals surface area contributed by atoms with Gasteiger partial charge in [0.25, 0.3) is 0 Å². The van der Waals surface area contributed by atoms with Gasteiger partial charge in [-0.1, -0.05) is 31.2 Å². The number of hydrogen-bond acceptors (Lipinski definition) is 1. The molecule has 1 N–H and O–H groups in total. The van der Waals surface area contributed by atoms with Crippen molar-refractivity contribution in [3.05, 3.63) is 35.4 Å². The molecule has 1 heterocycles. The van der Waals surface area contributed by atoms with E-state index in [1.165, 1.54) is 30.5 Å². The Morgan fingerprint density at radius 3 is 2.79 bits per heavy atom. The molecule has 14 heavy (non-hydrogen) atoms. The SMILES string of the molecule is Cc1ccccc1C1CC(C)CCN1. The van der Waals surface area contributed by atoms with Gasteiger partial charge in [-0.2, -0.15) is 0 Å². The molecule has 1 aromatic rings. The average Bonchev–Trinajstić information content (AvgIpc) is 2.18. The Bertz CT molecular complexity index is 306. The molecule has 1 aliphatic rings. The lowest BCUT2D eigenvalue weighted by Gasteiger charge is -2.29. The highest BCUT2D eigenvalue weighted by atomic mass is 14.9. The lowest BCUT2D eigenvalue weighted by Crippen LogP contribution is -2.31. The van der Waals surface area contributed by atoms with Crippen molar-refractivity contribution in [2.75, 3.05) is 6.54 Å². The fraction of sp³-hybridized carbons (Fsp3) is 0.538. The fourth-order valence-corrected chi connectivity index (χ4v) is 2.32. The van der Waals surface area contributed by atoms with Gasteiger partial charge in [-0.3, -0.25) is 0 Å². The summed E-state index contributed by atoms with van der Waals surface area (Å²) in [7, 11) is 0. The Morgan fingerprint density at radius 1 is 1.29 bits per heavy atom. The highest BCUT2D eigenvalue weighted by Gasteiger charge is 2.20. The molecule has 1 heteroatoms. The lowest BCUT2D eigenvalue weighted by atomic mass is 9.88. The van der Waals surface area contributed by atoms with Crippen LogP contribution in [-0.4, -0.2) is 6.54 Å². The maximum Gasteiger partial charge on any atom is 0.0325 e. The van der Waals surface area contributed by atoms with Crippen LogP contribution in [0.1, 0.15) is 36.9 Å². The summed E-state index contributed by atoms with van der Waals surface area (Å²) < 4.78 is 0. The maximum absolute atomic E-state index is 3.61. The van der Waals surface area contributed by atoms with Crippen LogP contribution in [0.15, 0.2) is 24.3 Å². The van der Waals surface area contributed by atoms with Crippen LogP contribution in [0.4, 0.5) is 0 Å². The summed E-state index contributed by atoms with van der Waals surface area (Å²) in [5.74, 6) is 0.862. The minimum atomic E-state index is 0.583. The van der Waals surface area contributed by atoms with Crippen LogP contribution in [-0.2, 0) is 0 Å².